The van der Waals surface area contributed by atoms with Crippen molar-refractivity contribution < 1.29 is 54.4 Å². The second-order valence-corrected chi connectivity index (χ2v) is 7.43. The number of carbonyl (C=O) groups excluding carboxylic acids is 1. The highest BCUT2D eigenvalue weighted by Crippen LogP contribution is 2.29. The van der Waals surface area contributed by atoms with Gasteiger partial charge in [0.15, 0.2) is 12.6 Å². The molecule has 2 rings (SSSR count). The lowest BCUT2D eigenvalue weighted by molar-refractivity contribution is -0.350. The topological polar surface area (TPSA) is 187 Å². The van der Waals surface area contributed by atoms with Crippen molar-refractivity contribution in [1.82, 2.24) is 5.32 Å². The Morgan fingerprint density at radius 1 is 0.931 bits per heavy atom. The van der Waals surface area contributed by atoms with Gasteiger partial charge >= 0.3 is 0 Å². The molecule has 0 radical (unpaired) electrons. The first kappa shape index (κ1) is 24.3. The van der Waals surface area contributed by atoms with Crippen molar-refractivity contribution in [3.05, 3.63) is 0 Å². The Morgan fingerprint density at radius 2 is 1.52 bits per heavy atom. The van der Waals surface area contributed by atoms with Crippen LogP contribution < -0.4 is 5.32 Å². The van der Waals surface area contributed by atoms with Crippen LogP contribution in [0.2, 0.25) is 0 Å². The summed E-state index contributed by atoms with van der Waals surface area (Å²) in [4.78, 5) is 11.5. The SMILES string of the molecule is CC(=O)NC1C(OC2C(CO)OC(OC(C)C)C(O)C2O)OC(CO)C(O)C1O. The van der Waals surface area contributed by atoms with Crippen LogP contribution in [0, 0.1) is 0 Å². The number of hydrogen-bond donors (Lipinski definition) is 7. The number of carbonyl (C=O) groups is 1. The molecule has 2 heterocycles. The molecule has 1 amide bonds. The fourth-order valence-electron chi connectivity index (χ4n) is 3.34. The number of ether oxygens (including phenoxy) is 4. The van der Waals surface area contributed by atoms with Crippen LogP contribution in [0.15, 0.2) is 0 Å². The summed E-state index contributed by atoms with van der Waals surface area (Å²) in [5, 5.41) is 62.6. The molecule has 29 heavy (non-hydrogen) atoms. The first-order valence-corrected chi connectivity index (χ1v) is 9.43. The van der Waals surface area contributed by atoms with Gasteiger partial charge in [0.1, 0.15) is 48.8 Å². The third-order valence-corrected chi connectivity index (χ3v) is 4.77. The van der Waals surface area contributed by atoms with Crippen molar-refractivity contribution in [3.8, 4) is 0 Å². The fourth-order valence-corrected chi connectivity index (χ4v) is 3.34. The van der Waals surface area contributed by atoms with Crippen molar-refractivity contribution in [1.29, 1.82) is 0 Å². The fraction of sp³-hybridized carbons (Fsp3) is 0.941. The summed E-state index contributed by atoms with van der Waals surface area (Å²) in [6.07, 6.45) is -12.8. The molecule has 2 fully saturated rings. The Bertz CT molecular complexity index is 534. The summed E-state index contributed by atoms with van der Waals surface area (Å²) in [7, 11) is 0. The molecule has 12 heteroatoms. The molecule has 0 aliphatic carbocycles. The molecule has 0 aromatic rings. The standard InChI is InChI=1S/C17H31NO11/c1-6(2)26-17-14(25)13(24)15(9(5-20)28-17)29-16-10(18-7(3)21)12(23)11(22)8(4-19)27-16/h6,8-17,19-20,22-25H,4-5H2,1-3H3,(H,18,21). The van der Waals surface area contributed by atoms with Gasteiger partial charge in [0.25, 0.3) is 0 Å². The van der Waals surface area contributed by atoms with E-state index in [1.165, 1.54) is 6.92 Å². The Kier molecular flexibility index (Phi) is 8.72. The highest BCUT2D eigenvalue weighted by atomic mass is 16.7. The lowest BCUT2D eigenvalue weighted by atomic mass is 9.95. The third-order valence-electron chi connectivity index (χ3n) is 4.77. The quantitative estimate of drug-likeness (QED) is 0.212. The molecule has 7 N–H and O–H groups in total. The molecule has 12 nitrogen and oxygen atoms in total. The maximum Gasteiger partial charge on any atom is 0.217 e. The van der Waals surface area contributed by atoms with E-state index in [2.05, 4.69) is 5.32 Å². The molecule has 0 aromatic carbocycles. The normalized spacial score (nSPS) is 43.4. The average molecular weight is 425 g/mol. The van der Waals surface area contributed by atoms with E-state index in [1.54, 1.807) is 13.8 Å². The number of aliphatic hydroxyl groups excluding tert-OH is 6. The molecule has 10 unspecified atom stereocenters. The summed E-state index contributed by atoms with van der Waals surface area (Å²) in [5.41, 5.74) is 0. The molecule has 0 spiro atoms. The van der Waals surface area contributed by atoms with Crippen LogP contribution in [0.3, 0.4) is 0 Å². The summed E-state index contributed by atoms with van der Waals surface area (Å²) in [6.45, 7) is 3.34. The highest BCUT2D eigenvalue weighted by Gasteiger charge is 2.51. The van der Waals surface area contributed by atoms with Gasteiger partial charge in [0, 0.05) is 6.92 Å². The number of rotatable bonds is 7. The molecular formula is C17H31NO11. The van der Waals surface area contributed by atoms with E-state index in [0.717, 1.165) is 0 Å². The summed E-state index contributed by atoms with van der Waals surface area (Å²) in [5.74, 6) is -0.550. The van der Waals surface area contributed by atoms with Crippen LogP contribution in [0.1, 0.15) is 20.8 Å². The zero-order chi connectivity index (χ0) is 21.9. The second kappa shape index (κ2) is 10.4. The number of amides is 1. The third kappa shape index (κ3) is 5.61. The zero-order valence-corrected chi connectivity index (χ0v) is 16.5. The van der Waals surface area contributed by atoms with Crippen LogP contribution in [0.5, 0.6) is 0 Å². The van der Waals surface area contributed by atoms with Crippen molar-refractivity contribution >= 4 is 5.91 Å². The van der Waals surface area contributed by atoms with E-state index >= 15 is 0 Å². The van der Waals surface area contributed by atoms with Crippen LogP contribution in [0.25, 0.3) is 0 Å². The molecule has 10 atom stereocenters. The van der Waals surface area contributed by atoms with Crippen LogP contribution >= 0.6 is 0 Å². The Hall–Kier alpha value is -0.930. The van der Waals surface area contributed by atoms with Crippen molar-refractivity contribution in [2.24, 2.45) is 0 Å². The molecule has 0 aromatic heterocycles. The first-order valence-electron chi connectivity index (χ1n) is 9.43. The minimum Gasteiger partial charge on any atom is -0.394 e. The predicted molar refractivity (Wildman–Crippen MR) is 94.2 cm³/mol. The van der Waals surface area contributed by atoms with E-state index in [1.807, 2.05) is 0 Å². The molecule has 2 aliphatic heterocycles. The molecule has 2 saturated heterocycles. The van der Waals surface area contributed by atoms with Gasteiger partial charge in [-0.3, -0.25) is 4.79 Å². The van der Waals surface area contributed by atoms with E-state index < -0.39 is 80.5 Å². The lowest BCUT2D eigenvalue weighted by Crippen LogP contribution is -2.67. The minimum atomic E-state index is -1.57. The number of nitrogens with one attached hydrogen (secondary N) is 1. The van der Waals surface area contributed by atoms with Gasteiger partial charge in [-0.05, 0) is 13.8 Å². The molecule has 170 valence electrons. The van der Waals surface area contributed by atoms with Gasteiger partial charge in [0.05, 0.1) is 19.3 Å². The van der Waals surface area contributed by atoms with Crippen molar-refractivity contribution in [3.63, 3.8) is 0 Å². The monoisotopic (exact) mass is 425 g/mol. The number of aliphatic hydroxyl groups is 6. The number of hydrogen-bond acceptors (Lipinski definition) is 11. The van der Waals surface area contributed by atoms with Crippen LogP contribution in [-0.4, -0.2) is 117 Å². The predicted octanol–water partition coefficient (Wildman–Crippen LogP) is -3.82. The summed E-state index contributed by atoms with van der Waals surface area (Å²) >= 11 is 0. The van der Waals surface area contributed by atoms with Gasteiger partial charge < -0.3 is 54.9 Å². The van der Waals surface area contributed by atoms with E-state index in [0.29, 0.717) is 0 Å². The van der Waals surface area contributed by atoms with Gasteiger partial charge in [-0.1, -0.05) is 0 Å². The molecule has 0 saturated carbocycles. The van der Waals surface area contributed by atoms with E-state index in [-0.39, 0.29) is 6.10 Å². The Morgan fingerprint density at radius 3 is 2.03 bits per heavy atom. The maximum atomic E-state index is 11.5. The molecular weight excluding hydrogens is 394 g/mol. The average Bonchev–Trinajstić information content (AvgIpc) is 2.66. The van der Waals surface area contributed by atoms with Gasteiger partial charge in [-0.2, -0.15) is 0 Å². The lowest BCUT2D eigenvalue weighted by Gasteiger charge is -2.47. The van der Waals surface area contributed by atoms with Crippen LogP contribution in [-0.2, 0) is 23.7 Å². The maximum absolute atomic E-state index is 11.5. The van der Waals surface area contributed by atoms with Gasteiger partial charge in [-0.15, -0.1) is 0 Å². The Labute approximate surface area is 167 Å². The first-order chi connectivity index (χ1) is 13.6. The summed E-state index contributed by atoms with van der Waals surface area (Å²) in [6, 6.07) is -1.25. The van der Waals surface area contributed by atoms with E-state index in [9.17, 15) is 35.4 Å². The summed E-state index contributed by atoms with van der Waals surface area (Å²) < 4.78 is 22.0. The molecule has 2 aliphatic rings. The largest absolute Gasteiger partial charge is 0.394 e. The van der Waals surface area contributed by atoms with Crippen LogP contribution in [0.4, 0.5) is 0 Å². The van der Waals surface area contributed by atoms with Gasteiger partial charge in [0.2, 0.25) is 5.91 Å². The smallest absolute Gasteiger partial charge is 0.217 e. The van der Waals surface area contributed by atoms with Gasteiger partial charge in [-0.25, -0.2) is 0 Å². The minimum absolute atomic E-state index is 0.327. The van der Waals surface area contributed by atoms with Crippen molar-refractivity contribution in [2.75, 3.05) is 13.2 Å². The second-order valence-electron chi connectivity index (χ2n) is 7.43. The van der Waals surface area contributed by atoms with E-state index in [4.69, 9.17) is 18.9 Å². The Balaban J connectivity index is 2.21. The van der Waals surface area contributed by atoms with Crippen molar-refractivity contribution in [2.45, 2.75) is 88.2 Å². The zero-order valence-electron chi connectivity index (χ0n) is 16.5. The molecule has 0 bridgehead atoms. The highest BCUT2D eigenvalue weighted by molar-refractivity contribution is 5.73.